The first-order valence-electron chi connectivity index (χ1n) is 4.44. The first kappa shape index (κ1) is 12.1. The van der Waals surface area contributed by atoms with Gasteiger partial charge in [0.2, 0.25) is 5.75 Å². The number of phenols is 3. The average Bonchev–Trinajstić information content (AvgIpc) is 2.19. The molecule has 6 nitrogen and oxygen atoms in total. The Bertz CT molecular complexity index is 424. The number of aliphatic hydroxyl groups is 1. The summed E-state index contributed by atoms with van der Waals surface area (Å²) in [5, 5.41) is 45.8. The number of benzene rings is 1. The number of aromatic hydroxyl groups is 3. The fourth-order valence-electron chi connectivity index (χ4n) is 1.20. The minimum atomic E-state index is -2.05. The molecular formula is C10H12O6. The van der Waals surface area contributed by atoms with E-state index in [0.29, 0.717) is 0 Å². The summed E-state index contributed by atoms with van der Waals surface area (Å²) in [6, 6.07) is 2.32. The van der Waals surface area contributed by atoms with E-state index in [2.05, 4.69) is 0 Å². The van der Waals surface area contributed by atoms with E-state index in [9.17, 15) is 20.1 Å². The smallest absolute Gasteiger partial charge is 0.335 e. The Morgan fingerprint density at radius 2 is 1.81 bits per heavy atom. The van der Waals surface area contributed by atoms with Crippen molar-refractivity contribution in [3.05, 3.63) is 17.7 Å². The zero-order valence-electron chi connectivity index (χ0n) is 8.51. The molecule has 0 aliphatic rings. The Morgan fingerprint density at radius 1 is 1.25 bits per heavy atom. The Kier molecular flexibility index (Phi) is 2.95. The Balaban J connectivity index is 3.08. The fraction of sp³-hybridized carbons (Fsp3) is 0.300. The number of hydrogen-bond acceptors (Lipinski definition) is 5. The largest absolute Gasteiger partial charge is 0.504 e. The molecule has 0 aliphatic heterocycles. The van der Waals surface area contributed by atoms with E-state index < -0.39 is 28.8 Å². The van der Waals surface area contributed by atoms with Crippen LogP contribution in [0.3, 0.4) is 0 Å². The number of phenolic OH excluding ortho intramolecular Hbond substituents is 3. The zero-order valence-corrected chi connectivity index (χ0v) is 8.51. The van der Waals surface area contributed by atoms with E-state index >= 15 is 0 Å². The summed E-state index contributed by atoms with van der Waals surface area (Å²) in [6.45, 7) is 1.07. The number of carboxylic acids is 1. The molecule has 6 heteroatoms. The number of carbonyl (C=O) groups is 1. The number of carboxylic acid groups (broad SMARTS) is 1. The van der Waals surface area contributed by atoms with Gasteiger partial charge in [0, 0.05) is 12.0 Å². The summed E-state index contributed by atoms with van der Waals surface area (Å²) in [5.41, 5.74) is -2.02. The number of rotatable bonds is 3. The quantitative estimate of drug-likeness (QED) is 0.471. The third-order valence-electron chi connectivity index (χ3n) is 2.21. The molecule has 1 rings (SSSR count). The highest BCUT2D eigenvalue weighted by Gasteiger charge is 2.31. The molecule has 0 spiro atoms. The minimum absolute atomic E-state index is 0.0303. The molecule has 0 saturated heterocycles. The van der Waals surface area contributed by atoms with Gasteiger partial charge in [-0.25, -0.2) is 4.79 Å². The SMILES string of the molecule is CC(O)(Cc1ccc(O)c(O)c1O)C(=O)O. The third-order valence-corrected chi connectivity index (χ3v) is 2.21. The van der Waals surface area contributed by atoms with Crippen LogP contribution in [0.2, 0.25) is 0 Å². The van der Waals surface area contributed by atoms with Gasteiger partial charge in [-0.3, -0.25) is 0 Å². The molecule has 1 aromatic carbocycles. The topological polar surface area (TPSA) is 118 Å². The van der Waals surface area contributed by atoms with Crippen LogP contribution in [0, 0.1) is 0 Å². The van der Waals surface area contributed by atoms with Crippen LogP contribution in [-0.4, -0.2) is 37.1 Å². The third kappa shape index (κ3) is 2.17. The van der Waals surface area contributed by atoms with Crippen molar-refractivity contribution in [2.75, 3.05) is 0 Å². The molecule has 0 aromatic heterocycles. The second-order valence-electron chi connectivity index (χ2n) is 3.70. The van der Waals surface area contributed by atoms with Crippen LogP contribution >= 0.6 is 0 Å². The summed E-state index contributed by atoms with van der Waals surface area (Å²) in [7, 11) is 0. The lowest BCUT2D eigenvalue weighted by Crippen LogP contribution is -2.37. The second kappa shape index (κ2) is 3.90. The molecule has 0 fully saturated rings. The highest BCUT2D eigenvalue weighted by Crippen LogP contribution is 2.38. The van der Waals surface area contributed by atoms with Gasteiger partial charge in [0.1, 0.15) is 0 Å². The zero-order chi connectivity index (χ0) is 12.5. The summed E-state index contributed by atoms with van der Waals surface area (Å²) < 4.78 is 0. The lowest BCUT2D eigenvalue weighted by molar-refractivity contribution is -0.156. The Morgan fingerprint density at radius 3 is 2.31 bits per heavy atom. The van der Waals surface area contributed by atoms with Crippen LogP contribution in [0.25, 0.3) is 0 Å². The molecule has 0 amide bonds. The van der Waals surface area contributed by atoms with Gasteiger partial charge in [-0.15, -0.1) is 0 Å². The maximum Gasteiger partial charge on any atom is 0.335 e. The van der Waals surface area contributed by atoms with Crippen molar-refractivity contribution in [2.24, 2.45) is 0 Å². The molecule has 0 bridgehead atoms. The number of aliphatic carboxylic acids is 1. The summed E-state index contributed by atoms with van der Waals surface area (Å²) >= 11 is 0. The first-order valence-corrected chi connectivity index (χ1v) is 4.44. The van der Waals surface area contributed by atoms with Gasteiger partial charge in [0.05, 0.1) is 0 Å². The van der Waals surface area contributed by atoms with Crippen LogP contribution in [0.15, 0.2) is 12.1 Å². The van der Waals surface area contributed by atoms with Gasteiger partial charge in [-0.05, 0) is 13.0 Å². The highest BCUT2D eigenvalue weighted by atomic mass is 16.4. The maximum absolute atomic E-state index is 10.6. The molecule has 1 atom stereocenters. The van der Waals surface area contributed by atoms with Gasteiger partial charge in [-0.2, -0.15) is 0 Å². The van der Waals surface area contributed by atoms with E-state index in [1.807, 2.05) is 0 Å². The molecule has 0 saturated carbocycles. The Hall–Kier alpha value is -1.95. The molecule has 1 unspecified atom stereocenters. The van der Waals surface area contributed by atoms with Crippen LogP contribution < -0.4 is 0 Å². The summed E-state index contributed by atoms with van der Waals surface area (Å²) in [4.78, 5) is 10.6. The van der Waals surface area contributed by atoms with Crippen molar-refractivity contribution in [3.63, 3.8) is 0 Å². The van der Waals surface area contributed by atoms with Crippen molar-refractivity contribution in [1.29, 1.82) is 0 Å². The lowest BCUT2D eigenvalue weighted by atomic mass is 9.96. The van der Waals surface area contributed by atoms with E-state index in [0.717, 1.165) is 13.0 Å². The standard InChI is InChI=1S/C10H12O6/c1-10(16,9(14)15)4-5-2-3-6(11)8(13)7(5)12/h2-3,11-13,16H,4H2,1H3,(H,14,15). The van der Waals surface area contributed by atoms with E-state index in [-0.39, 0.29) is 12.0 Å². The van der Waals surface area contributed by atoms with Crippen molar-refractivity contribution in [2.45, 2.75) is 18.9 Å². The predicted octanol–water partition coefficient (Wildman–Crippen LogP) is 0.181. The fourth-order valence-corrected chi connectivity index (χ4v) is 1.20. The van der Waals surface area contributed by atoms with Gasteiger partial charge >= 0.3 is 5.97 Å². The van der Waals surface area contributed by atoms with E-state index in [1.165, 1.54) is 6.07 Å². The molecule has 16 heavy (non-hydrogen) atoms. The average molecular weight is 228 g/mol. The van der Waals surface area contributed by atoms with Crippen LogP contribution in [0.4, 0.5) is 0 Å². The molecular weight excluding hydrogens is 216 g/mol. The van der Waals surface area contributed by atoms with Crippen molar-refractivity contribution >= 4 is 5.97 Å². The molecule has 0 aliphatic carbocycles. The second-order valence-corrected chi connectivity index (χ2v) is 3.70. The summed E-state index contributed by atoms with van der Waals surface area (Å²) in [6.07, 6.45) is -0.387. The highest BCUT2D eigenvalue weighted by molar-refractivity contribution is 5.77. The molecule has 0 radical (unpaired) electrons. The monoisotopic (exact) mass is 228 g/mol. The van der Waals surface area contributed by atoms with E-state index in [1.54, 1.807) is 0 Å². The maximum atomic E-state index is 10.6. The molecule has 5 N–H and O–H groups in total. The lowest BCUT2D eigenvalue weighted by Gasteiger charge is -2.18. The van der Waals surface area contributed by atoms with Gasteiger partial charge in [-0.1, -0.05) is 6.07 Å². The van der Waals surface area contributed by atoms with Crippen LogP contribution in [0.5, 0.6) is 17.2 Å². The van der Waals surface area contributed by atoms with Gasteiger partial charge < -0.3 is 25.5 Å². The van der Waals surface area contributed by atoms with E-state index in [4.69, 9.17) is 10.2 Å². The first-order chi connectivity index (χ1) is 7.25. The van der Waals surface area contributed by atoms with Crippen LogP contribution in [-0.2, 0) is 11.2 Å². The summed E-state index contributed by atoms with van der Waals surface area (Å²) in [5.74, 6) is -3.34. The predicted molar refractivity (Wildman–Crippen MR) is 53.4 cm³/mol. The molecule has 1 aromatic rings. The normalized spacial score (nSPS) is 14.4. The van der Waals surface area contributed by atoms with Crippen molar-refractivity contribution in [1.82, 2.24) is 0 Å². The number of hydrogen-bond donors (Lipinski definition) is 5. The Labute approximate surface area is 91.0 Å². The van der Waals surface area contributed by atoms with Crippen molar-refractivity contribution < 1.29 is 30.3 Å². The van der Waals surface area contributed by atoms with Crippen LogP contribution in [0.1, 0.15) is 12.5 Å². The minimum Gasteiger partial charge on any atom is -0.504 e. The molecule has 88 valence electrons. The molecule has 0 heterocycles. The van der Waals surface area contributed by atoms with Gasteiger partial charge in [0.15, 0.2) is 17.1 Å². The van der Waals surface area contributed by atoms with Gasteiger partial charge in [0.25, 0.3) is 0 Å². The van der Waals surface area contributed by atoms with Crippen molar-refractivity contribution in [3.8, 4) is 17.2 Å².